The standard InChI is InChI=1S/C8H14N2O2/c11-7-5-9-4-6(7)8(12)10-2-1-3-10/h6-7,9,11H,1-5H2/t6?,7-/m0/s1. The molecule has 2 heterocycles. The van der Waals surface area contributed by atoms with E-state index in [1.165, 1.54) is 0 Å². The van der Waals surface area contributed by atoms with E-state index in [4.69, 9.17) is 0 Å². The minimum absolute atomic E-state index is 0.124. The molecule has 0 aromatic rings. The van der Waals surface area contributed by atoms with E-state index in [1.54, 1.807) is 0 Å². The predicted molar refractivity (Wildman–Crippen MR) is 43.6 cm³/mol. The van der Waals surface area contributed by atoms with Gasteiger partial charge in [0, 0.05) is 26.2 Å². The lowest BCUT2D eigenvalue weighted by molar-refractivity contribution is -0.141. The van der Waals surface area contributed by atoms with Gasteiger partial charge in [0.05, 0.1) is 12.0 Å². The van der Waals surface area contributed by atoms with E-state index in [0.717, 1.165) is 19.5 Å². The summed E-state index contributed by atoms with van der Waals surface area (Å²) in [7, 11) is 0. The molecule has 2 aliphatic rings. The lowest BCUT2D eigenvalue weighted by Gasteiger charge is -2.33. The Labute approximate surface area is 71.5 Å². The summed E-state index contributed by atoms with van der Waals surface area (Å²) in [5.41, 5.74) is 0. The van der Waals surface area contributed by atoms with E-state index in [0.29, 0.717) is 13.1 Å². The van der Waals surface area contributed by atoms with Gasteiger partial charge in [-0.15, -0.1) is 0 Å². The Bertz CT molecular complexity index is 191. The van der Waals surface area contributed by atoms with Crippen molar-refractivity contribution in [1.29, 1.82) is 0 Å². The molecule has 4 nitrogen and oxygen atoms in total. The lowest BCUT2D eigenvalue weighted by atomic mass is 10.0. The van der Waals surface area contributed by atoms with Crippen molar-refractivity contribution < 1.29 is 9.90 Å². The SMILES string of the molecule is O=C(C1CNC[C@@H]1O)N1CCC1. The molecule has 0 spiro atoms. The zero-order chi connectivity index (χ0) is 8.55. The van der Waals surface area contributed by atoms with E-state index < -0.39 is 6.10 Å². The molecule has 2 rings (SSSR count). The Morgan fingerprint density at radius 1 is 1.42 bits per heavy atom. The second-order valence-corrected chi connectivity index (χ2v) is 3.51. The van der Waals surface area contributed by atoms with Crippen LogP contribution in [0.1, 0.15) is 6.42 Å². The van der Waals surface area contributed by atoms with Gasteiger partial charge < -0.3 is 15.3 Å². The summed E-state index contributed by atoms with van der Waals surface area (Å²) in [6.45, 7) is 2.95. The van der Waals surface area contributed by atoms with Crippen LogP contribution in [0.15, 0.2) is 0 Å². The Morgan fingerprint density at radius 3 is 2.58 bits per heavy atom. The molecule has 2 N–H and O–H groups in total. The topological polar surface area (TPSA) is 52.6 Å². The average molecular weight is 170 g/mol. The van der Waals surface area contributed by atoms with Crippen LogP contribution < -0.4 is 5.32 Å². The molecule has 1 amide bonds. The van der Waals surface area contributed by atoms with Crippen LogP contribution in [-0.2, 0) is 4.79 Å². The maximum atomic E-state index is 11.6. The first-order chi connectivity index (χ1) is 5.79. The zero-order valence-corrected chi connectivity index (χ0v) is 6.99. The molecule has 12 heavy (non-hydrogen) atoms. The molecule has 0 saturated carbocycles. The van der Waals surface area contributed by atoms with Gasteiger partial charge >= 0.3 is 0 Å². The Balaban J connectivity index is 1.93. The monoisotopic (exact) mass is 170 g/mol. The summed E-state index contributed by atoms with van der Waals surface area (Å²) in [5, 5.41) is 12.4. The quantitative estimate of drug-likeness (QED) is 0.519. The van der Waals surface area contributed by atoms with Gasteiger partial charge in [-0.1, -0.05) is 0 Å². The summed E-state index contributed by atoms with van der Waals surface area (Å²) < 4.78 is 0. The van der Waals surface area contributed by atoms with Crippen molar-refractivity contribution in [3.05, 3.63) is 0 Å². The fourth-order valence-corrected chi connectivity index (χ4v) is 1.69. The van der Waals surface area contributed by atoms with Crippen molar-refractivity contribution in [2.24, 2.45) is 5.92 Å². The fourth-order valence-electron chi connectivity index (χ4n) is 1.69. The van der Waals surface area contributed by atoms with Crippen LogP contribution in [-0.4, -0.2) is 48.2 Å². The Morgan fingerprint density at radius 2 is 2.17 bits per heavy atom. The average Bonchev–Trinajstić information content (AvgIpc) is 2.31. The number of nitrogens with one attached hydrogen (secondary N) is 1. The highest BCUT2D eigenvalue weighted by atomic mass is 16.3. The summed E-state index contributed by atoms with van der Waals surface area (Å²) in [5.74, 6) is -0.0657. The summed E-state index contributed by atoms with van der Waals surface area (Å²) in [4.78, 5) is 13.4. The van der Waals surface area contributed by atoms with E-state index >= 15 is 0 Å². The second-order valence-electron chi connectivity index (χ2n) is 3.51. The Hall–Kier alpha value is -0.610. The first-order valence-corrected chi connectivity index (χ1v) is 4.46. The van der Waals surface area contributed by atoms with Crippen molar-refractivity contribution in [3.63, 3.8) is 0 Å². The van der Waals surface area contributed by atoms with Gasteiger partial charge in [-0.05, 0) is 6.42 Å². The van der Waals surface area contributed by atoms with Crippen molar-refractivity contribution in [3.8, 4) is 0 Å². The van der Waals surface area contributed by atoms with Crippen LogP contribution in [0.3, 0.4) is 0 Å². The Kier molecular flexibility index (Phi) is 2.02. The summed E-state index contributed by atoms with van der Waals surface area (Å²) in [6.07, 6.45) is 0.639. The van der Waals surface area contributed by atoms with E-state index in [2.05, 4.69) is 5.32 Å². The van der Waals surface area contributed by atoms with Crippen LogP contribution in [0.5, 0.6) is 0 Å². The molecular formula is C8H14N2O2. The predicted octanol–water partition coefficient (Wildman–Crippen LogP) is -1.20. The first kappa shape index (κ1) is 8.01. The molecule has 0 radical (unpaired) electrons. The minimum atomic E-state index is -0.474. The number of carbonyl (C=O) groups is 1. The fraction of sp³-hybridized carbons (Fsp3) is 0.875. The number of aliphatic hydroxyl groups excluding tert-OH is 1. The van der Waals surface area contributed by atoms with Crippen molar-refractivity contribution in [2.45, 2.75) is 12.5 Å². The van der Waals surface area contributed by atoms with Gasteiger partial charge in [-0.3, -0.25) is 4.79 Å². The summed E-state index contributed by atoms with van der Waals surface area (Å²) in [6, 6.07) is 0. The molecule has 0 bridgehead atoms. The summed E-state index contributed by atoms with van der Waals surface area (Å²) >= 11 is 0. The molecule has 0 aliphatic carbocycles. The van der Waals surface area contributed by atoms with Crippen molar-refractivity contribution in [2.75, 3.05) is 26.2 Å². The molecule has 2 fully saturated rings. The number of aliphatic hydroxyl groups is 1. The van der Waals surface area contributed by atoms with Gasteiger partial charge in [-0.2, -0.15) is 0 Å². The molecule has 2 aliphatic heterocycles. The van der Waals surface area contributed by atoms with Gasteiger partial charge in [0.2, 0.25) is 5.91 Å². The van der Waals surface area contributed by atoms with Crippen molar-refractivity contribution in [1.82, 2.24) is 10.2 Å². The number of carbonyl (C=O) groups excluding carboxylic acids is 1. The number of rotatable bonds is 1. The van der Waals surface area contributed by atoms with Crippen LogP contribution in [0.25, 0.3) is 0 Å². The number of hydrogen-bond acceptors (Lipinski definition) is 3. The van der Waals surface area contributed by atoms with Crippen LogP contribution in [0, 0.1) is 5.92 Å². The highest BCUT2D eigenvalue weighted by Gasteiger charge is 2.35. The molecule has 68 valence electrons. The number of β-amino-alcohol motifs (C(OH)–C–C–N with tert-alkyl or cyclic N) is 1. The van der Waals surface area contributed by atoms with Crippen molar-refractivity contribution >= 4 is 5.91 Å². The smallest absolute Gasteiger partial charge is 0.229 e. The van der Waals surface area contributed by atoms with Crippen LogP contribution in [0.2, 0.25) is 0 Å². The molecule has 1 unspecified atom stereocenters. The third-order valence-electron chi connectivity index (χ3n) is 2.67. The van der Waals surface area contributed by atoms with Gasteiger partial charge in [0.15, 0.2) is 0 Å². The first-order valence-electron chi connectivity index (χ1n) is 4.46. The van der Waals surface area contributed by atoms with E-state index in [-0.39, 0.29) is 11.8 Å². The normalized spacial score (nSPS) is 34.9. The third kappa shape index (κ3) is 1.21. The highest BCUT2D eigenvalue weighted by Crippen LogP contribution is 2.16. The van der Waals surface area contributed by atoms with Crippen LogP contribution >= 0.6 is 0 Å². The number of hydrogen-bond donors (Lipinski definition) is 2. The second kappa shape index (κ2) is 3.03. The maximum Gasteiger partial charge on any atom is 0.229 e. The molecule has 2 saturated heterocycles. The van der Waals surface area contributed by atoms with E-state index in [9.17, 15) is 9.90 Å². The minimum Gasteiger partial charge on any atom is -0.391 e. The number of nitrogens with zero attached hydrogens (tertiary/aromatic N) is 1. The largest absolute Gasteiger partial charge is 0.391 e. The molecule has 4 heteroatoms. The van der Waals surface area contributed by atoms with Crippen LogP contribution in [0.4, 0.5) is 0 Å². The molecule has 0 aromatic carbocycles. The maximum absolute atomic E-state index is 11.6. The van der Waals surface area contributed by atoms with Gasteiger partial charge in [0.25, 0.3) is 0 Å². The molecule has 2 atom stereocenters. The zero-order valence-electron chi connectivity index (χ0n) is 6.99. The number of likely N-dealkylation sites (tertiary alicyclic amines) is 1. The lowest BCUT2D eigenvalue weighted by Crippen LogP contribution is -2.47. The van der Waals surface area contributed by atoms with E-state index in [1.807, 2.05) is 4.90 Å². The highest BCUT2D eigenvalue weighted by molar-refractivity contribution is 5.80. The molecular weight excluding hydrogens is 156 g/mol. The molecule has 0 aromatic heterocycles. The van der Waals surface area contributed by atoms with Gasteiger partial charge in [-0.25, -0.2) is 0 Å². The van der Waals surface area contributed by atoms with Gasteiger partial charge in [0.1, 0.15) is 0 Å². The number of amides is 1. The third-order valence-corrected chi connectivity index (χ3v) is 2.67.